The highest BCUT2D eigenvalue weighted by molar-refractivity contribution is 6.31. The van der Waals surface area contributed by atoms with E-state index in [1.807, 2.05) is 41.2 Å². The molecule has 19 heavy (non-hydrogen) atoms. The smallest absolute Gasteiger partial charge is 0.0709 e. The molecule has 0 bridgehead atoms. The van der Waals surface area contributed by atoms with Crippen LogP contribution in [0.5, 0.6) is 0 Å². The van der Waals surface area contributed by atoms with Crippen molar-refractivity contribution in [1.82, 2.24) is 14.6 Å². The summed E-state index contributed by atoms with van der Waals surface area (Å²) in [7, 11) is 0. The normalized spacial score (nSPS) is 12.7. The number of fused-ring (bicyclic) bond motifs is 1. The third kappa shape index (κ3) is 2.32. The van der Waals surface area contributed by atoms with Gasteiger partial charge in [0.05, 0.1) is 16.7 Å². The van der Waals surface area contributed by atoms with Crippen molar-refractivity contribution in [3.05, 3.63) is 65.2 Å². The summed E-state index contributed by atoms with van der Waals surface area (Å²) in [5.41, 5.74) is 9.32. The zero-order valence-corrected chi connectivity index (χ0v) is 11.0. The molecule has 0 aliphatic carbocycles. The largest absolute Gasteiger partial charge is 0.324 e. The van der Waals surface area contributed by atoms with Crippen LogP contribution in [0.15, 0.2) is 49.1 Å². The standard InChI is InChI=1S/C14H13ClN4/c15-12-9-17-5-4-10(12)7-13(16)11-8-18-19-6-2-1-3-14(11)19/h1-6,8-9,13H,7,16H2. The minimum absolute atomic E-state index is 0.139. The van der Waals surface area contributed by atoms with Gasteiger partial charge in [0.2, 0.25) is 0 Å². The number of aromatic nitrogens is 3. The van der Waals surface area contributed by atoms with E-state index in [1.165, 1.54) is 0 Å². The Hall–Kier alpha value is -1.91. The first-order valence-electron chi connectivity index (χ1n) is 6.02. The van der Waals surface area contributed by atoms with Crippen molar-refractivity contribution in [1.29, 1.82) is 0 Å². The Labute approximate surface area is 115 Å². The van der Waals surface area contributed by atoms with Gasteiger partial charge in [0, 0.05) is 30.2 Å². The van der Waals surface area contributed by atoms with E-state index in [0.29, 0.717) is 11.4 Å². The van der Waals surface area contributed by atoms with E-state index in [2.05, 4.69) is 10.1 Å². The summed E-state index contributed by atoms with van der Waals surface area (Å²) in [5, 5.41) is 4.94. The van der Waals surface area contributed by atoms with Crippen LogP contribution in [-0.4, -0.2) is 14.6 Å². The average Bonchev–Trinajstić information content (AvgIpc) is 2.85. The van der Waals surface area contributed by atoms with Crippen LogP contribution in [0, 0.1) is 0 Å². The highest BCUT2D eigenvalue weighted by atomic mass is 35.5. The molecule has 3 aromatic heterocycles. The van der Waals surface area contributed by atoms with Crippen LogP contribution in [0.1, 0.15) is 17.2 Å². The van der Waals surface area contributed by atoms with E-state index in [4.69, 9.17) is 17.3 Å². The Morgan fingerprint density at radius 3 is 3.00 bits per heavy atom. The molecule has 0 saturated heterocycles. The second kappa shape index (κ2) is 4.99. The van der Waals surface area contributed by atoms with E-state index >= 15 is 0 Å². The van der Waals surface area contributed by atoms with Gasteiger partial charge in [0.1, 0.15) is 0 Å². The summed E-state index contributed by atoms with van der Waals surface area (Å²) >= 11 is 6.11. The van der Waals surface area contributed by atoms with Gasteiger partial charge in [-0.2, -0.15) is 5.10 Å². The van der Waals surface area contributed by atoms with Gasteiger partial charge in [-0.25, -0.2) is 4.52 Å². The lowest BCUT2D eigenvalue weighted by molar-refractivity contribution is 0.727. The SMILES string of the molecule is NC(Cc1ccncc1Cl)c1cnn2ccccc12. The molecule has 3 heterocycles. The lowest BCUT2D eigenvalue weighted by Gasteiger charge is -2.11. The third-order valence-electron chi connectivity index (χ3n) is 3.15. The minimum Gasteiger partial charge on any atom is -0.324 e. The fourth-order valence-electron chi connectivity index (χ4n) is 2.16. The predicted molar refractivity (Wildman–Crippen MR) is 75.1 cm³/mol. The van der Waals surface area contributed by atoms with Crippen molar-refractivity contribution in [3.63, 3.8) is 0 Å². The van der Waals surface area contributed by atoms with Gasteiger partial charge >= 0.3 is 0 Å². The van der Waals surface area contributed by atoms with Crippen LogP contribution in [-0.2, 0) is 6.42 Å². The second-order valence-corrected chi connectivity index (χ2v) is 4.82. The third-order valence-corrected chi connectivity index (χ3v) is 3.49. The minimum atomic E-state index is -0.139. The monoisotopic (exact) mass is 272 g/mol. The van der Waals surface area contributed by atoms with Gasteiger partial charge in [0.25, 0.3) is 0 Å². The van der Waals surface area contributed by atoms with Gasteiger partial charge < -0.3 is 5.73 Å². The molecule has 2 N–H and O–H groups in total. The lowest BCUT2D eigenvalue weighted by Crippen LogP contribution is -2.13. The number of hydrogen-bond acceptors (Lipinski definition) is 3. The molecule has 5 heteroatoms. The number of halogens is 1. The topological polar surface area (TPSA) is 56.2 Å². The average molecular weight is 273 g/mol. The second-order valence-electron chi connectivity index (χ2n) is 4.41. The molecule has 0 spiro atoms. The zero-order chi connectivity index (χ0) is 13.2. The summed E-state index contributed by atoms with van der Waals surface area (Å²) < 4.78 is 1.82. The van der Waals surface area contributed by atoms with Crippen LogP contribution >= 0.6 is 11.6 Å². The highest BCUT2D eigenvalue weighted by Crippen LogP contribution is 2.23. The first kappa shape index (κ1) is 12.1. The maximum absolute atomic E-state index is 6.27. The van der Waals surface area contributed by atoms with Gasteiger partial charge in [-0.1, -0.05) is 17.7 Å². The number of nitrogens with zero attached hydrogens (tertiary/aromatic N) is 3. The number of rotatable bonds is 3. The molecule has 0 aliphatic heterocycles. The predicted octanol–water partition coefficient (Wildman–Crippen LogP) is 2.63. The zero-order valence-electron chi connectivity index (χ0n) is 10.2. The van der Waals surface area contributed by atoms with E-state index in [0.717, 1.165) is 16.6 Å². The Bertz CT molecular complexity index is 707. The highest BCUT2D eigenvalue weighted by Gasteiger charge is 2.14. The quantitative estimate of drug-likeness (QED) is 0.797. The van der Waals surface area contributed by atoms with Crippen LogP contribution in [0.3, 0.4) is 0 Å². The van der Waals surface area contributed by atoms with Crippen LogP contribution < -0.4 is 5.73 Å². The molecule has 3 aromatic rings. The van der Waals surface area contributed by atoms with Crippen LogP contribution in [0.25, 0.3) is 5.52 Å². The summed E-state index contributed by atoms with van der Waals surface area (Å²) in [6.45, 7) is 0. The fraction of sp³-hybridized carbons (Fsp3) is 0.143. The van der Waals surface area contributed by atoms with E-state index < -0.39 is 0 Å². The van der Waals surface area contributed by atoms with Crippen molar-refractivity contribution >= 4 is 17.1 Å². The maximum atomic E-state index is 6.27. The molecule has 0 radical (unpaired) electrons. The number of hydrogen-bond donors (Lipinski definition) is 1. The van der Waals surface area contributed by atoms with Crippen LogP contribution in [0.2, 0.25) is 5.02 Å². The molecule has 3 rings (SSSR count). The van der Waals surface area contributed by atoms with Crippen molar-refractivity contribution in [2.24, 2.45) is 5.73 Å². The first-order valence-corrected chi connectivity index (χ1v) is 6.40. The molecule has 0 saturated carbocycles. The Morgan fingerprint density at radius 1 is 1.26 bits per heavy atom. The molecule has 1 unspecified atom stereocenters. The summed E-state index contributed by atoms with van der Waals surface area (Å²) in [6, 6.07) is 7.69. The molecule has 0 aromatic carbocycles. The number of pyridine rings is 2. The first-order chi connectivity index (χ1) is 9.25. The Kier molecular flexibility index (Phi) is 3.19. The molecule has 0 fully saturated rings. The van der Waals surface area contributed by atoms with Gasteiger partial charge in [0.15, 0.2) is 0 Å². The summed E-state index contributed by atoms with van der Waals surface area (Å²) in [4.78, 5) is 3.98. The molecule has 1 atom stereocenters. The Morgan fingerprint density at radius 2 is 2.16 bits per heavy atom. The Balaban J connectivity index is 1.92. The van der Waals surface area contributed by atoms with Crippen molar-refractivity contribution < 1.29 is 0 Å². The fourth-order valence-corrected chi connectivity index (χ4v) is 2.35. The van der Waals surface area contributed by atoms with Gasteiger partial charge in [-0.05, 0) is 30.2 Å². The van der Waals surface area contributed by atoms with Gasteiger partial charge in [-0.3, -0.25) is 4.98 Å². The lowest BCUT2D eigenvalue weighted by atomic mass is 10.0. The molecule has 4 nitrogen and oxygen atoms in total. The van der Waals surface area contributed by atoms with Crippen molar-refractivity contribution in [2.45, 2.75) is 12.5 Å². The van der Waals surface area contributed by atoms with E-state index in [1.54, 1.807) is 12.4 Å². The molecular weight excluding hydrogens is 260 g/mol. The van der Waals surface area contributed by atoms with Crippen molar-refractivity contribution in [2.75, 3.05) is 0 Å². The van der Waals surface area contributed by atoms with E-state index in [-0.39, 0.29) is 6.04 Å². The summed E-state index contributed by atoms with van der Waals surface area (Å²) in [6.07, 6.45) is 7.75. The number of nitrogens with two attached hydrogens (primary N) is 1. The molecule has 0 amide bonds. The molecular formula is C14H13ClN4. The maximum Gasteiger partial charge on any atom is 0.0709 e. The van der Waals surface area contributed by atoms with Gasteiger partial charge in [-0.15, -0.1) is 0 Å². The van der Waals surface area contributed by atoms with E-state index in [9.17, 15) is 0 Å². The summed E-state index contributed by atoms with van der Waals surface area (Å²) in [5.74, 6) is 0. The molecule has 96 valence electrons. The molecule has 0 aliphatic rings. The van der Waals surface area contributed by atoms with Crippen LogP contribution in [0.4, 0.5) is 0 Å². The van der Waals surface area contributed by atoms with Crippen molar-refractivity contribution in [3.8, 4) is 0 Å².